The van der Waals surface area contributed by atoms with Gasteiger partial charge in [-0.15, -0.1) is 0 Å². The highest BCUT2D eigenvalue weighted by Gasteiger charge is 2.52. The normalized spacial score (nSPS) is 15.1. The molecule has 0 saturated carbocycles. The van der Waals surface area contributed by atoms with Crippen molar-refractivity contribution in [1.82, 2.24) is 0 Å². The van der Waals surface area contributed by atoms with E-state index < -0.39 is 17.3 Å². The monoisotopic (exact) mass is 284 g/mol. The molecular weight excluding hydrogens is 273 g/mol. The first-order valence-corrected chi connectivity index (χ1v) is 5.24. The molecule has 0 aliphatic heterocycles. The van der Waals surface area contributed by atoms with Gasteiger partial charge < -0.3 is 14.6 Å². The number of aliphatic hydroxyl groups is 1. The van der Waals surface area contributed by atoms with Crippen molar-refractivity contribution in [2.75, 3.05) is 14.2 Å². The van der Waals surface area contributed by atoms with Gasteiger partial charge in [0.05, 0.1) is 19.2 Å². The van der Waals surface area contributed by atoms with Crippen molar-refractivity contribution in [2.24, 2.45) is 0 Å². The average molecular weight is 285 g/mol. The second kappa shape index (κ2) is 4.85. The number of methoxy groups -OCH3 is 2. The average Bonchev–Trinajstić information content (AvgIpc) is 2.27. The van der Waals surface area contributed by atoms with E-state index in [-0.39, 0.29) is 16.5 Å². The third-order valence-corrected chi connectivity index (χ3v) is 2.85. The molecule has 0 aliphatic carbocycles. The highest BCUT2D eigenvalue weighted by Crippen LogP contribution is 2.45. The van der Waals surface area contributed by atoms with Crippen molar-refractivity contribution < 1.29 is 27.8 Å². The van der Waals surface area contributed by atoms with Gasteiger partial charge in [0.25, 0.3) is 0 Å². The Kier molecular flexibility index (Phi) is 4.02. The molecule has 1 aromatic rings. The predicted octanol–water partition coefficient (Wildman–Crippen LogP) is 3.13. The Hall–Kier alpha value is -1.14. The molecule has 0 amide bonds. The second-order valence-electron chi connectivity index (χ2n) is 3.76. The van der Waals surface area contributed by atoms with E-state index in [4.69, 9.17) is 21.1 Å². The molecule has 1 unspecified atom stereocenters. The molecule has 102 valence electrons. The summed E-state index contributed by atoms with van der Waals surface area (Å²) in [7, 11) is 2.51. The summed E-state index contributed by atoms with van der Waals surface area (Å²) in [6.45, 7) is 0.633. The Morgan fingerprint density at radius 2 is 1.61 bits per heavy atom. The molecule has 7 heteroatoms. The number of hydrogen-bond acceptors (Lipinski definition) is 3. The van der Waals surface area contributed by atoms with Crippen LogP contribution in [0.1, 0.15) is 12.5 Å². The first kappa shape index (κ1) is 14.9. The van der Waals surface area contributed by atoms with E-state index >= 15 is 0 Å². The number of benzene rings is 1. The van der Waals surface area contributed by atoms with Crippen LogP contribution in [0.5, 0.6) is 11.5 Å². The van der Waals surface area contributed by atoms with Gasteiger partial charge in [-0.3, -0.25) is 0 Å². The number of hydrogen-bond donors (Lipinski definition) is 1. The highest BCUT2D eigenvalue weighted by atomic mass is 35.5. The van der Waals surface area contributed by atoms with Gasteiger partial charge in [-0.2, -0.15) is 13.2 Å². The minimum Gasteiger partial charge on any atom is -0.496 e. The summed E-state index contributed by atoms with van der Waals surface area (Å²) in [5.41, 5.74) is -3.53. The van der Waals surface area contributed by atoms with E-state index in [0.29, 0.717) is 6.92 Å². The number of rotatable bonds is 3. The molecule has 0 saturated heterocycles. The van der Waals surface area contributed by atoms with E-state index in [9.17, 15) is 18.3 Å². The van der Waals surface area contributed by atoms with Crippen molar-refractivity contribution in [3.63, 3.8) is 0 Å². The van der Waals surface area contributed by atoms with Crippen LogP contribution in [0.4, 0.5) is 13.2 Å². The molecule has 0 bridgehead atoms. The molecule has 0 fully saturated rings. The fourth-order valence-corrected chi connectivity index (χ4v) is 1.63. The van der Waals surface area contributed by atoms with Crippen molar-refractivity contribution in [2.45, 2.75) is 18.7 Å². The largest absolute Gasteiger partial charge is 0.496 e. The standard InChI is InChI=1S/C11H12ClF3O3/c1-10(16,11(13,14)15)6-4-7(12)9(18-3)5-8(6)17-2/h4-5,16H,1-3H3. The van der Waals surface area contributed by atoms with Gasteiger partial charge in [0.15, 0.2) is 5.60 Å². The Balaban J connectivity index is 3.45. The Morgan fingerprint density at radius 3 is 2.00 bits per heavy atom. The lowest BCUT2D eigenvalue weighted by Crippen LogP contribution is -2.39. The van der Waals surface area contributed by atoms with Gasteiger partial charge in [0.2, 0.25) is 0 Å². The lowest BCUT2D eigenvalue weighted by atomic mass is 9.94. The summed E-state index contributed by atoms with van der Waals surface area (Å²) in [4.78, 5) is 0. The molecule has 0 aliphatic rings. The van der Waals surface area contributed by atoms with Crippen LogP contribution >= 0.6 is 11.6 Å². The molecule has 0 aromatic heterocycles. The van der Waals surface area contributed by atoms with Crippen LogP contribution in [-0.4, -0.2) is 25.5 Å². The van der Waals surface area contributed by atoms with Crippen LogP contribution < -0.4 is 9.47 Å². The summed E-state index contributed by atoms with van der Waals surface area (Å²) in [6.07, 6.45) is -4.85. The molecule has 0 spiro atoms. The molecule has 3 nitrogen and oxygen atoms in total. The molecular formula is C11H12ClF3O3. The lowest BCUT2D eigenvalue weighted by Gasteiger charge is -2.28. The maximum atomic E-state index is 12.8. The fraction of sp³-hybridized carbons (Fsp3) is 0.455. The van der Waals surface area contributed by atoms with Crippen LogP contribution in [0.15, 0.2) is 12.1 Å². The summed E-state index contributed by atoms with van der Waals surface area (Å²) in [6, 6.07) is 2.17. The smallest absolute Gasteiger partial charge is 0.421 e. The van der Waals surface area contributed by atoms with E-state index in [1.165, 1.54) is 20.3 Å². The summed E-state index contributed by atoms with van der Waals surface area (Å²) >= 11 is 5.76. The SMILES string of the molecule is COc1cc(OC)c(C(C)(O)C(F)(F)F)cc1Cl. The first-order chi connectivity index (χ1) is 8.15. The van der Waals surface area contributed by atoms with Gasteiger partial charge in [0.1, 0.15) is 11.5 Å². The van der Waals surface area contributed by atoms with Crippen LogP contribution in [0, 0.1) is 0 Å². The third-order valence-electron chi connectivity index (χ3n) is 2.55. The Labute approximate surface area is 107 Å². The molecule has 1 atom stereocenters. The molecule has 1 N–H and O–H groups in total. The Morgan fingerprint density at radius 1 is 1.11 bits per heavy atom. The van der Waals surface area contributed by atoms with Crippen molar-refractivity contribution in [3.05, 3.63) is 22.7 Å². The number of halogens is 4. The second-order valence-corrected chi connectivity index (χ2v) is 4.16. The molecule has 1 rings (SSSR count). The summed E-state index contributed by atoms with van der Waals surface area (Å²) < 4.78 is 48.0. The van der Waals surface area contributed by atoms with Gasteiger partial charge in [-0.05, 0) is 13.0 Å². The number of alkyl halides is 3. The van der Waals surface area contributed by atoms with Crippen molar-refractivity contribution in [3.8, 4) is 11.5 Å². The zero-order chi connectivity index (χ0) is 14.1. The summed E-state index contributed by atoms with van der Waals surface area (Å²) in [5.74, 6) is 0.00816. The molecule has 1 aromatic carbocycles. The maximum Gasteiger partial charge on any atom is 0.421 e. The quantitative estimate of drug-likeness (QED) is 0.927. The zero-order valence-electron chi connectivity index (χ0n) is 9.93. The van der Waals surface area contributed by atoms with Crippen LogP contribution in [0.3, 0.4) is 0 Å². The first-order valence-electron chi connectivity index (χ1n) is 4.86. The van der Waals surface area contributed by atoms with Crippen LogP contribution in [0.2, 0.25) is 5.02 Å². The minimum absolute atomic E-state index is 0.0437. The Bertz CT molecular complexity index is 444. The fourth-order valence-electron chi connectivity index (χ4n) is 1.39. The van der Waals surface area contributed by atoms with E-state index in [1.54, 1.807) is 0 Å². The van der Waals surface area contributed by atoms with Gasteiger partial charge in [-0.1, -0.05) is 11.6 Å². The molecule has 0 radical (unpaired) electrons. The van der Waals surface area contributed by atoms with Crippen LogP contribution in [-0.2, 0) is 5.60 Å². The van der Waals surface area contributed by atoms with Gasteiger partial charge in [0, 0.05) is 11.6 Å². The maximum absolute atomic E-state index is 12.8. The highest BCUT2D eigenvalue weighted by molar-refractivity contribution is 6.32. The summed E-state index contributed by atoms with van der Waals surface area (Å²) in [5, 5.41) is 9.57. The molecule has 0 heterocycles. The van der Waals surface area contributed by atoms with E-state index in [1.807, 2.05) is 0 Å². The van der Waals surface area contributed by atoms with Crippen LogP contribution in [0.25, 0.3) is 0 Å². The van der Waals surface area contributed by atoms with E-state index in [0.717, 1.165) is 6.07 Å². The van der Waals surface area contributed by atoms with E-state index in [2.05, 4.69) is 0 Å². The number of ether oxygens (including phenoxy) is 2. The van der Waals surface area contributed by atoms with Crippen molar-refractivity contribution in [1.29, 1.82) is 0 Å². The minimum atomic E-state index is -4.85. The predicted molar refractivity (Wildman–Crippen MR) is 60.2 cm³/mol. The lowest BCUT2D eigenvalue weighted by molar-refractivity contribution is -0.259. The van der Waals surface area contributed by atoms with Gasteiger partial charge >= 0.3 is 6.18 Å². The van der Waals surface area contributed by atoms with Gasteiger partial charge in [-0.25, -0.2) is 0 Å². The van der Waals surface area contributed by atoms with Crippen molar-refractivity contribution >= 4 is 11.6 Å². The zero-order valence-corrected chi connectivity index (χ0v) is 10.7. The topological polar surface area (TPSA) is 38.7 Å². The third kappa shape index (κ3) is 2.49. The molecule has 18 heavy (non-hydrogen) atoms.